The van der Waals surface area contributed by atoms with Crippen LogP contribution in [0, 0.1) is 0 Å². The highest BCUT2D eigenvalue weighted by atomic mass is 16.5. The first-order valence-electron chi connectivity index (χ1n) is 8.74. The highest BCUT2D eigenvalue weighted by Crippen LogP contribution is 2.17. The molecule has 23 heavy (non-hydrogen) atoms. The fraction of sp³-hybridized carbons (Fsp3) is 0.667. The van der Waals surface area contributed by atoms with E-state index in [2.05, 4.69) is 18.8 Å². The zero-order valence-corrected chi connectivity index (χ0v) is 14.3. The zero-order valence-electron chi connectivity index (χ0n) is 14.3. The summed E-state index contributed by atoms with van der Waals surface area (Å²) in [7, 11) is 0. The molecule has 1 unspecified atom stereocenters. The molecule has 2 rings (SSSR count). The van der Waals surface area contributed by atoms with Crippen LogP contribution in [-0.4, -0.2) is 48.2 Å². The van der Waals surface area contributed by atoms with Gasteiger partial charge in [-0.05, 0) is 18.9 Å². The quantitative estimate of drug-likeness (QED) is 0.700. The molecule has 128 valence electrons. The number of hydrogen-bond acceptors (Lipinski definition) is 4. The molecule has 5 heteroatoms. The number of hydrogen-bond donors (Lipinski definition) is 0. The van der Waals surface area contributed by atoms with Gasteiger partial charge in [0.2, 0.25) is 5.88 Å². The van der Waals surface area contributed by atoms with Gasteiger partial charge in [0.1, 0.15) is 6.10 Å². The van der Waals surface area contributed by atoms with Gasteiger partial charge in [-0.1, -0.05) is 26.7 Å². The van der Waals surface area contributed by atoms with Crippen LogP contribution < -0.4 is 4.74 Å². The Kier molecular flexibility index (Phi) is 7.33. The summed E-state index contributed by atoms with van der Waals surface area (Å²) in [6.45, 7) is 7.23. The van der Waals surface area contributed by atoms with Crippen molar-refractivity contribution < 1.29 is 14.3 Å². The minimum absolute atomic E-state index is 0.0455. The number of carbonyl (C=O) groups excluding carboxylic acids is 1. The highest BCUT2D eigenvalue weighted by molar-refractivity contribution is 5.94. The van der Waals surface area contributed by atoms with E-state index in [-0.39, 0.29) is 12.0 Å². The van der Waals surface area contributed by atoms with Crippen molar-refractivity contribution in [3.63, 3.8) is 0 Å². The predicted molar refractivity (Wildman–Crippen MR) is 89.8 cm³/mol. The number of rotatable bonds is 9. The largest absolute Gasteiger partial charge is 0.472 e. The molecule has 0 aromatic carbocycles. The second-order valence-corrected chi connectivity index (χ2v) is 5.99. The van der Waals surface area contributed by atoms with Gasteiger partial charge in [0.15, 0.2) is 0 Å². The van der Waals surface area contributed by atoms with Crippen LogP contribution in [0.2, 0.25) is 0 Å². The molecule has 1 aromatic heterocycles. The van der Waals surface area contributed by atoms with Gasteiger partial charge in [0.05, 0.1) is 13.2 Å². The molecule has 0 N–H and O–H groups in total. The summed E-state index contributed by atoms with van der Waals surface area (Å²) in [5.41, 5.74) is 0.654. The minimum atomic E-state index is 0.0455. The van der Waals surface area contributed by atoms with Crippen molar-refractivity contribution in [2.75, 3.05) is 26.3 Å². The van der Waals surface area contributed by atoms with Crippen molar-refractivity contribution >= 4 is 5.91 Å². The third-order valence-electron chi connectivity index (χ3n) is 4.01. The van der Waals surface area contributed by atoms with Crippen molar-refractivity contribution in [2.24, 2.45) is 0 Å². The first-order valence-corrected chi connectivity index (χ1v) is 8.74. The Bertz CT molecular complexity index is 479. The molecule has 5 nitrogen and oxygen atoms in total. The summed E-state index contributed by atoms with van der Waals surface area (Å²) < 4.78 is 11.1. The lowest BCUT2D eigenvalue weighted by molar-refractivity contribution is 0.0749. The normalized spacial score (nSPS) is 17.2. The van der Waals surface area contributed by atoms with Crippen molar-refractivity contribution in [3.8, 4) is 5.88 Å². The van der Waals surface area contributed by atoms with E-state index >= 15 is 0 Å². The van der Waals surface area contributed by atoms with Crippen LogP contribution in [-0.2, 0) is 4.74 Å². The van der Waals surface area contributed by atoms with Crippen LogP contribution in [0.3, 0.4) is 0 Å². The Morgan fingerprint density at radius 1 is 1.35 bits per heavy atom. The second-order valence-electron chi connectivity index (χ2n) is 5.99. The van der Waals surface area contributed by atoms with E-state index in [4.69, 9.17) is 9.47 Å². The van der Waals surface area contributed by atoms with Crippen molar-refractivity contribution in [1.82, 2.24) is 9.88 Å². The smallest absolute Gasteiger partial charge is 0.254 e. The number of nitrogens with zero attached hydrogens (tertiary/aromatic N) is 2. The molecule has 0 saturated carbocycles. The first-order chi connectivity index (χ1) is 11.2. The highest BCUT2D eigenvalue weighted by Gasteiger charge is 2.20. The van der Waals surface area contributed by atoms with E-state index in [1.807, 2.05) is 4.90 Å². The van der Waals surface area contributed by atoms with Crippen LogP contribution in [0.1, 0.15) is 56.3 Å². The van der Waals surface area contributed by atoms with Gasteiger partial charge in [-0.2, -0.15) is 0 Å². The molecule has 0 radical (unpaired) electrons. The predicted octanol–water partition coefficient (Wildman–Crippen LogP) is 3.29. The molecule has 1 aliphatic heterocycles. The molecule has 1 atom stereocenters. The maximum absolute atomic E-state index is 12.8. The lowest BCUT2D eigenvalue weighted by Gasteiger charge is -2.22. The average Bonchev–Trinajstić information content (AvgIpc) is 3.08. The molecule has 0 aliphatic carbocycles. The van der Waals surface area contributed by atoms with Gasteiger partial charge < -0.3 is 14.4 Å². The lowest BCUT2D eigenvalue weighted by Crippen LogP contribution is -2.33. The molecule has 0 bridgehead atoms. The topological polar surface area (TPSA) is 51.7 Å². The summed E-state index contributed by atoms with van der Waals surface area (Å²) in [6, 6.07) is 3.52. The standard InChI is InChI=1S/C18H28N2O3/c1-3-5-10-20(11-6-4-2)18(21)15-7-9-19-17(13-15)23-16-8-12-22-14-16/h7,9,13,16H,3-6,8,10-12,14H2,1-2H3. The third kappa shape index (κ3) is 5.50. The summed E-state index contributed by atoms with van der Waals surface area (Å²) in [5, 5.41) is 0. The molecule has 1 fully saturated rings. The van der Waals surface area contributed by atoms with Gasteiger partial charge in [-0.3, -0.25) is 4.79 Å². The maximum Gasteiger partial charge on any atom is 0.254 e. The molecular formula is C18H28N2O3. The Morgan fingerprint density at radius 3 is 2.70 bits per heavy atom. The van der Waals surface area contributed by atoms with Gasteiger partial charge >= 0.3 is 0 Å². The SMILES string of the molecule is CCCCN(CCCC)C(=O)c1ccnc(OC2CCOC2)c1. The van der Waals surface area contributed by atoms with Crippen LogP contribution in [0.4, 0.5) is 0 Å². The van der Waals surface area contributed by atoms with Crippen molar-refractivity contribution in [2.45, 2.75) is 52.1 Å². The lowest BCUT2D eigenvalue weighted by atomic mass is 10.2. The Hall–Kier alpha value is -1.62. The average molecular weight is 320 g/mol. The molecule has 2 heterocycles. The van der Waals surface area contributed by atoms with E-state index in [9.17, 15) is 4.79 Å². The number of ether oxygens (including phenoxy) is 2. The zero-order chi connectivity index (χ0) is 16.5. The summed E-state index contributed by atoms with van der Waals surface area (Å²) in [4.78, 5) is 18.9. The molecule has 0 spiro atoms. The molecule has 1 amide bonds. The number of aromatic nitrogens is 1. The summed E-state index contributed by atoms with van der Waals surface area (Å²) in [6.07, 6.45) is 6.80. The number of pyridine rings is 1. The Morgan fingerprint density at radius 2 is 2.09 bits per heavy atom. The molecular weight excluding hydrogens is 292 g/mol. The summed E-state index contributed by atoms with van der Waals surface area (Å²) >= 11 is 0. The number of unbranched alkanes of at least 4 members (excludes halogenated alkanes) is 2. The van der Waals surface area contributed by atoms with E-state index in [0.29, 0.717) is 18.1 Å². The summed E-state index contributed by atoms with van der Waals surface area (Å²) in [5.74, 6) is 0.583. The maximum atomic E-state index is 12.8. The Labute approximate surface area is 139 Å². The number of carbonyl (C=O) groups is 1. The van der Waals surface area contributed by atoms with Crippen molar-refractivity contribution in [1.29, 1.82) is 0 Å². The van der Waals surface area contributed by atoms with E-state index < -0.39 is 0 Å². The van der Waals surface area contributed by atoms with Gasteiger partial charge in [-0.25, -0.2) is 4.98 Å². The van der Waals surface area contributed by atoms with Crippen LogP contribution in [0.15, 0.2) is 18.3 Å². The minimum Gasteiger partial charge on any atom is -0.472 e. The van der Waals surface area contributed by atoms with E-state index in [1.165, 1.54) is 0 Å². The third-order valence-corrected chi connectivity index (χ3v) is 4.01. The molecule has 1 aliphatic rings. The van der Waals surface area contributed by atoms with E-state index in [1.54, 1.807) is 18.3 Å². The fourth-order valence-corrected chi connectivity index (χ4v) is 2.58. The van der Waals surface area contributed by atoms with Crippen LogP contribution in [0.25, 0.3) is 0 Å². The molecule has 1 saturated heterocycles. The first kappa shape index (κ1) is 17.7. The number of amides is 1. The fourth-order valence-electron chi connectivity index (χ4n) is 2.58. The van der Waals surface area contributed by atoms with Gasteiger partial charge in [-0.15, -0.1) is 0 Å². The molecule has 1 aromatic rings. The van der Waals surface area contributed by atoms with Crippen LogP contribution in [0.5, 0.6) is 5.88 Å². The Balaban J connectivity index is 2.02. The van der Waals surface area contributed by atoms with Crippen molar-refractivity contribution in [3.05, 3.63) is 23.9 Å². The van der Waals surface area contributed by atoms with Gasteiger partial charge in [0.25, 0.3) is 5.91 Å². The second kappa shape index (κ2) is 9.50. The monoisotopic (exact) mass is 320 g/mol. The van der Waals surface area contributed by atoms with Gasteiger partial charge in [0, 0.05) is 37.3 Å². The van der Waals surface area contributed by atoms with Crippen LogP contribution >= 0.6 is 0 Å². The van der Waals surface area contributed by atoms with E-state index in [0.717, 1.165) is 51.8 Å².